The van der Waals surface area contributed by atoms with Gasteiger partial charge in [0.05, 0.1) is 0 Å². The molecule has 0 spiro atoms. The first-order chi connectivity index (χ1) is 12.4. The molecule has 0 aliphatic rings. The van der Waals surface area contributed by atoms with Crippen LogP contribution in [0.5, 0.6) is 11.5 Å². The van der Waals surface area contributed by atoms with Crippen molar-refractivity contribution in [2.45, 2.75) is 12.2 Å². The predicted octanol–water partition coefficient (Wildman–Crippen LogP) is 1.61. The van der Waals surface area contributed by atoms with Crippen LogP contribution in [0.2, 0.25) is 0 Å². The number of rotatable bonds is 13. The normalized spacial score (nSPS) is 12.4. The van der Waals surface area contributed by atoms with Crippen LogP contribution in [0, 0.1) is 0 Å². The summed E-state index contributed by atoms with van der Waals surface area (Å²) in [6, 6.07) is 6.70. The van der Waals surface area contributed by atoms with Crippen molar-refractivity contribution in [1.82, 2.24) is 0 Å². The third-order valence-corrected chi connectivity index (χ3v) is 2.96. The molecule has 7 nitrogen and oxygen atoms in total. The summed E-state index contributed by atoms with van der Waals surface area (Å²) in [5.74, 6) is 0.703. The van der Waals surface area contributed by atoms with E-state index >= 15 is 0 Å². The molecule has 1 aromatic carbocycles. The maximum Gasteiger partial charge on any atom is 0.330 e. The van der Waals surface area contributed by atoms with E-state index < -0.39 is 18.2 Å². The fourth-order valence-electron chi connectivity index (χ4n) is 1.63. The molecule has 1 rings (SSSR count). The van der Waals surface area contributed by atoms with E-state index in [2.05, 4.69) is 19.7 Å². The van der Waals surface area contributed by atoms with Gasteiger partial charge < -0.3 is 29.2 Å². The first-order valence-electron chi connectivity index (χ1n) is 7.89. The quantitative estimate of drug-likeness (QED) is 0.238. The highest BCUT2D eigenvalue weighted by molar-refractivity contribution is 5.81. The number of aliphatic hydroxyl groups is 2. The van der Waals surface area contributed by atoms with Crippen LogP contribution in [0.15, 0.2) is 61.9 Å². The summed E-state index contributed by atoms with van der Waals surface area (Å²) in [6.07, 6.45) is 0.653. The average Bonchev–Trinajstić information content (AvgIpc) is 2.67. The maximum absolute atomic E-state index is 10.9. The molecule has 0 aliphatic carbocycles. The van der Waals surface area contributed by atoms with Gasteiger partial charge in [-0.15, -0.1) is 0 Å². The van der Waals surface area contributed by atoms with Crippen LogP contribution < -0.4 is 9.47 Å². The third-order valence-electron chi connectivity index (χ3n) is 2.96. The first-order valence-corrected chi connectivity index (χ1v) is 7.89. The van der Waals surface area contributed by atoms with Gasteiger partial charge in [-0.2, -0.15) is 0 Å². The van der Waals surface area contributed by atoms with Crippen LogP contribution in [0.25, 0.3) is 0 Å². The molecule has 0 radical (unpaired) electrons. The van der Waals surface area contributed by atoms with E-state index in [1.54, 1.807) is 24.3 Å². The summed E-state index contributed by atoms with van der Waals surface area (Å²) < 4.78 is 20.7. The lowest BCUT2D eigenvalue weighted by atomic mass is 10.3. The van der Waals surface area contributed by atoms with Gasteiger partial charge in [0, 0.05) is 12.1 Å². The summed E-state index contributed by atoms with van der Waals surface area (Å²) in [5.41, 5.74) is 0. The zero-order valence-corrected chi connectivity index (χ0v) is 14.5. The molecule has 2 N–H and O–H groups in total. The van der Waals surface area contributed by atoms with E-state index in [0.717, 1.165) is 6.08 Å². The van der Waals surface area contributed by atoms with Crippen LogP contribution >= 0.6 is 0 Å². The van der Waals surface area contributed by atoms with E-state index in [9.17, 15) is 15.0 Å². The van der Waals surface area contributed by atoms with Gasteiger partial charge in [-0.1, -0.05) is 25.8 Å². The van der Waals surface area contributed by atoms with Crippen LogP contribution in [0.4, 0.5) is 0 Å². The minimum absolute atomic E-state index is 0.0218. The van der Waals surface area contributed by atoms with Gasteiger partial charge in [-0.05, 0) is 18.2 Å². The van der Waals surface area contributed by atoms with Crippen molar-refractivity contribution in [2.24, 2.45) is 0 Å². The minimum Gasteiger partial charge on any atom is -0.491 e. The molecular weight excluding hydrogens is 340 g/mol. The molecule has 0 heterocycles. The number of hydrogen-bond donors (Lipinski definition) is 2. The van der Waals surface area contributed by atoms with E-state index in [0.29, 0.717) is 17.3 Å². The van der Waals surface area contributed by atoms with Crippen molar-refractivity contribution in [3.8, 4) is 11.5 Å². The molecule has 142 valence electrons. The summed E-state index contributed by atoms with van der Waals surface area (Å²) in [5, 5.41) is 19.5. The monoisotopic (exact) mass is 364 g/mol. The fraction of sp³-hybridized carbons (Fsp3) is 0.316. The van der Waals surface area contributed by atoms with Crippen molar-refractivity contribution in [1.29, 1.82) is 0 Å². The second-order valence-corrected chi connectivity index (χ2v) is 5.22. The van der Waals surface area contributed by atoms with Crippen LogP contribution in [-0.4, -0.2) is 54.8 Å². The summed E-state index contributed by atoms with van der Waals surface area (Å²) in [6.45, 7) is 10.1. The molecule has 0 saturated carbocycles. The lowest BCUT2D eigenvalue weighted by Gasteiger charge is -2.15. The molecule has 2 atom stereocenters. The summed E-state index contributed by atoms with van der Waals surface area (Å²) in [4.78, 5) is 10.9. The minimum atomic E-state index is -0.972. The van der Waals surface area contributed by atoms with E-state index in [4.69, 9.17) is 18.9 Å². The largest absolute Gasteiger partial charge is 0.491 e. The Bertz CT molecular complexity index is 562. The molecular formula is C19H24O7. The van der Waals surface area contributed by atoms with Gasteiger partial charge in [0.1, 0.15) is 55.9 Å². The summed E-state index contributed by atoms with van der Waals surface area (Å²) >= 11 is 0. The first kappa shape index (κ1) is 21.3. The molecule has 0 aromatic heterocycles. The molecule has 2 unspecified atom stereocenters. The molecule has 7 heteroatoms. The Balaban J connectivity index is 2.37. The maximum atomic E-state index is 10.9. The molecule has 1 aromatic rings. The standard InChI is InChI=1S/C19H24O7/c1-4-14(3)23-10-15(20)11-24-17-7-6-8-18(9-17)25-12-16(21)13-26-19(22)5-2/h4-9,15-16,20-21H,1-3,10-13H2. The summed E-state index contributed by atoms with van der Waals surface area (Å²) in [7, 11) is 0. The van der Waals surface area contributed by atoms with Crippen LogP contribution in [0.3, 0.4) is 0 Å². The molecule has 0 bridgehead atoms. The Morgan fingerprint density at radius 3 is 2.00 bits per heavy atom. The Morgan fingerprint density at radius 1 is 0.962 bits per heavy atom. The van der Waals surface area contributed by atoms with Crippen molar-refractivity contribution < 1.29 is 34.0 Å². The van der Waals surface area contributed by atoms with Crippen molar-refractivity contribution in [3.63, 3.8) is 0 Å². The zero-order valence-electron chi connectivity index (χ0n) is 14.5. The number of ether oxygens (including phenoxy) is 4. The number of allylic oxidation sites excluding steroid dienone is 1. The number of carbonyl (C=O) groups is 1. The van der Waals surface area contributed by atoms with Gasteiger partial charge in [0.2, 0.25) is 0 Å². The molecule has 26 heavy (non-hydrogen) atoms. The predicted molar refractivity (Wildman–Crippen MR) is 95.9 cm³/mol. The molecule has 0 amide bonds. The van der Waals surface area contributed by atoms with Crippen LogP contribution in [-0.2, 0) is 14.3 Å². The molecule has 0 saturated heterocycles. The molecule has 0 fully saturated rings. The average molecular weight is 364 g/mol. The third kappa shape index (κ3) is 8.91. The highest BCUT2D eigenvalue weighted by Crippen LogP contribution is 2.19. The van der Waals surface area contributed by atoms with Gasteiger partial charge in [-0.25, -0.2) is 4.79 Å². The smallest absolute Gasteiger partial charge is 0.330 e. The number of esters is 1. The Kier molecular flexibility index (Phi) is 9.59. The number of aliphatic hydroxyl groups excluding tert-OH is 2. The Morgan fingerprint density at radius 2 is 1.50 bits per heavy atom. The van der Waals surface area contributed by atoms with Gasteiger partial charge in [0.25, 0.3) is 0 Å². The van der Waals surface area contributed by atoms with Gasteiger partial charge in [0.15, 0.2) is 0 Å². The number of hydrogen-bond acceptors (Lipinski definition) is 7. The number of benzene rings is 1. The Hall–Kier alpha value is -2.77. The van der Waals surface area contributed by atoms with Crippen molar-refractivity contribution in [2.75, 3.05) is 26.4 Å². The lowest BCUT2D eigenvalue weighted by molar-refractivity contribution is -0.141. The number of carbonyl (C=O) groups excluding carboxylic acids is 1. The lowest BCUT2D eigenvalue weighted by Crippen LogP contribution is -2.24. The topological polar surface area (TPSA) is 94.5 Å². The Labute approximate surface area is 152 Å². The van der Waals surface area contributed by atoms with Crippen molar-refractivity contribution in [3.05, 3.63) is 61.9 Å². The fourth-order valence-corrected chi connectivity index (χ4v) is 1.63. The van der Waals surface area contributed by atoms with E-state index in [1.165, 1.54) is 6.08 Å². The second-order valence-electron chi connectivity index (χ2n) is 5.22. The highest BCUT2D eigenvalue weighted by atomic mass is 16.5. The van der Waals surface area contributed by atoms with Crippen molar-refractivity contribution >= 4 is 5.97 Å². The zero-order chi connectivity index (χ0) is 19.4. The second kappa shape index (κ2) is 11.7. The highest BCUT2D eigenvalue weighted by Gasteiger charge is 2.10. The van der Waals surface area contributed by atoms with Gasteiger partial charge in [-0.3, -0.25) is 0 Å². The van der Waals surface area contributed by atoms with E-state index in [-0.39, 0.29) is 26.4 Å². The SMILES string of the molecule is C=CC(=C)OCC(O)COc1cccc(OCC(O)COC(=O)C=C)c1. The van der Waals surface area contributed by atoms with E-state index in [1.807, 2.05) is 0 Å². The van der Waals surface area contributed by atoms with Crippen LogP contribution in [0.1, 0.15) is 0 Å². The van der Waals surface area contributed by atoms with Gasteiger partial charge >= 0.3 is 5.97 Å². The molecule has 0 aliphatic heterocycles.